The van der Waals surface area contributed by atoms with Gasteiger partial charge in [-0.3, -0.25) is 9.59 Å². The zero-order valence-corrected chi connectivity index (χ0v) is 18.3. The molecule has 2 heterocycles. The van der Waals surface area contributed by atoms with Gasteiger partial charge in [0.2, 0.25) is 5.91 Å². The summed E-state index contributed by atoms with van der Waals surface area (Å²) in [6.07, 6.45) is -4.32. The number of nitrogens with one attached hydrogen (secondary N) is 1. The Bertz CT molecular complexity index is 1210. The van der Waals surface area contributed by atoms with Gasteiger partial charge >= 0.3 is 12.1 Å². The number of halogens is 3. The summed E-state index contributed by atoms with van der Waals surface area (Å²) in [5, 5.41) is 8.71. The number of esters is 1. The van der Waals surface area contributed by atoms with Gasteiger partial charge in [-0.15, -0.1) is 11.3 Å². The van der Waals surface area contributed by atoms with Crippen LogP contribution >= 0.6 is 11.3 Å². The number of nitrogens with zero attached hydrogens (tertiary/aromatic N) is 2. The second kappa shape index (κ2) is 9.11. The van der Waals surface area contributed by atoms with Crippen molar-refractivity contribution >= 4 is 39.0 Å². The predicted molar refractivity (Wildman–Crippen MR) is 114 cm³/mol. The standard InChI is InChI=1S/C21H20F3N3O4S/c1-4-31-20(30)17-14-10-32-18(25-15(28)9-11(2)3)16(14)19(29)27(26-17)13-7-5-12(6-8-13)21(22,23)24/h5-8,10-11H,4,9H2,1-3H3,(H,25,28). The van der Waals surface area contributed by atoms with Crippen molar-refractivity contribution in [3.05, 3.63) is 51.3 Å². The minimum absolute atomic E-state index is 0.0288. The lowest BCUT2D eigenvalue weighted by Gasteiger charge is -2.11. The van der Waals surface area contributed by atoms with E-state index in [9.17, 15) is 27.6 Å². The zero-order chi connectivity index (χ0) is 23.6. The number of ether oxygens (including phenoxy) is 1. The first-order valence-electron chi connectivity index (χ1n) is 9.72. The van der Waals surface area contributed by atoms with Crippen LogP contribution in [0.2, 0.25) is 0 Å². The predicted octanol–water partition coefficient (Wildman–Crippen LogP) is 4.63. The summed E-state index contributed by atoms with van der Waals surface area (Å²) in [6.45, 7) is 5.40. The van der Waals surface area contributed by atoms with E-state index in [1.54, 1.807) is 6.92 Å². The summed E-state index contributed by atoms with van der Waals surface area (Å²) >= 11 is 1.05. The first-order chi connectivity index (χ1) is 15.0. The molecule has 11 heteroatoms. The minimum atomic E-state index is -4.54. The van der Waals surface area contributed by atoms with E-state index in [1.807, 2.05) is 13.8 Å². The molecule has 0 radical (unpaired) electrons. The first-order valence-corrected chi connectivity index (χ1v) is 10.6. The second-order valence-electron chi connectivity index (χ2n) is 7.33. The summed E-state index contributed by atoms with van der Waals surface area (Å²) < 4.78 is 44.6. The molecule has 0 atom stereocenters. The quantitative estimate of drug-likeness (QED) is 0.534. The number of hydrogen-bond acceptors (Lipinski definition) is 6. The van der Waals surface area contributed by atoms with E-state index >= 15 is 0 Å². The summed E-state index contributed by atoms with van der Waals surface area (Å²) in [6, 6.07) is 3.80. The number of carbonyl (C=O) groups is 2. The molecule has 0 aliphatic carbocycles. The third-order valence-corrected chi connectivity index (χ3v) is 5.30. The third-order valence-electron chi connectivity index (χ3n) is 4.41. The van der Waals surface area contributed by atoms with Crippen molar-refractivity contribution in [2.45, 2.75) is 33.4 Å². The monoisotopic (exact) mass is 467 g/mol. The van der Waals surface area contributed by atoms with E-state index < -0.39 is 23.3 Å². The molecule has 170 valence electrons. The molecule has 1 aromatic carbocycles. The van der Waals surface area contributed by atoms with Gasteiger partial charge in [0.1, 0.15) is 5.00 Å². The maximum atomic E-state index is 13.2. The largest absolute Gasteiger partial charge is 0.461 e. The molecule has 3 rings (SSSR count). The number of alkyl halides is 3. The Kier molecular flexibility index (Phi) is 6.68. The average Bonchev–Trinajstić information content (AvgIpc) is 3.11. The molecule has 0 bridgehead atoms. The number of thiophene rings is 1. The van der Waals surface area contributed by atoms with Crippen LogP contribution in [0.15, 0.2) is 34.4 Å². The molecule has 2 aromatic heterocycles. The van der Waals surface area contributed by atoms with Crippen molar-refractivity contribution < 1.29 is 27.5 Å². The average molecular weight is 467 g/mol. The van der Waals surface area contributed by atoms with E-state index in [-0.39, 0.29) is 52.0 Å². The van der Waals surface area contributed by atoms with E-state index in [0.717, 1.165) is 40.3 Å². The summed E-state index contributed by atoms with van der Waals surface area (Å²) in [7, 11) is 0. The van der Waals surface area contributed by atoms with Crippen LogP contribution in [0.3, 0.4) is 0 Å². The van der Waals surface area contributed by atoms with Crippen molar-refractivity contribution in [2.75, 3.05) is 11.9 Å². The number of carbonyl (C=O) groups excluding carboxylic acids is 2. The lowest BCUT2D eigenvalue weighted by atomic mass is 10.1. The smallest absolute Gasteiger partial charge is 0.416 e. The van der Waals surface area contributed by atoms with Crippen LogP contribution in [0.1, 0.15) is 43.2 Å². The molecule has 32 heavy (non-hydrogen) atoms. The number of fused-ring (bicyclic) bond motifs is 1. The van der Waals surface area contributed by atoms with Crippen LogP contribution in [0.4, 0.5) is 18.2 Å². The minimum Gasteiger partial charge on any atom is -0.461 e. The fourth-order valence-electron chi connectivity index (χ4n) is 3.01. The van der Waals surface area contributed by atoms with E-state index in [2.05, 4.69) is 10.4 Å². The molecule has 7 nitrogen and oxygen atoms in total. The van der Waals surface area contributed by atoms with Crippen LogP contribution in [0.25, 0.3) is 16.5 Å². The number of aromatic nitrogens is 2. The zero-order valence-electron chi connectivity index (χ0n) is 17.4. The Labute approximate surface area is 184 Å². The second-order valence-corrected chi connectivity index (χ2v) is 8.21. The number of anilines is 1. The number of amides is 1. The van der Waals surface area contributed by atoms with Crippen LogP contribution < -0.4 is 10.9 Å². The Morgan fingerprint density at radius 1 is 1.22 bits per heavy atom. The fourth-order valence-corrected chi connectivity index (χ4v) is 3.96. The summed E-state index contributed by atoms with van der Waals surface area (Å²) in [5.41, 5.74) is -1.73. The molecule has 0 saturated carbocycles. The van der Waals surface area contributed by atoms with Crippen molar-refractivity contribution in [1.82, 2.24) is 9.78 Å². The highest BCUT2D eigenvalue weighted by molar-refractivity contribution is 7.16. The molecule has 0 saturated heterocycles. The van der Waals surface area contributed by atoms with Gasteiger partial charge in [0.25, 0.3) is 5.56 Å². The maximum absolute atomic E-state index is 13.2. The van der Waals surface area contributed by atoms with Crippen molar-refractivity contribution in [2.24, 2.45) is 5.92 Å². The summed E-state index contributed by atoms with van der Waals surface area (Å²) in [5.74, 6) is -1.02. The third kappa shape index (κ3) is 4.82. The fraction of sp³-hybridized carbons (Fsp3) is 0.333. The number of rotatable bonds is 6. The van der Waals surface area contributed by atoms with Gasteiger partial charge in [-0.05, 0) is 37.1 Å². The lowest BCUT2D eigenvalue weighted by Crippen LogP contribution is -2.25. The van der Waals surface area contributed by atoms with Crippen molar-refractivity contribution in [3.8, 4) is 5.69 Å². The van der Waals surface area contributed by atoms with Gasteiger partial charge in [0, 0.05) is 17.2 Å². The van der Waals surface area contributed by atoms with Crippen LogP contribution in [0.5, 0.6) is 0 Å². The van der Waals surface area contributed by atoms with E-state index in [4.69, 9.17) is 4.74 Å². The first kappa shape index (κ1) is 23.5. The van der Waals surface area contributed by atoms with E-state index in [1.165, 1.54) is 5.38 Å². The van der Waals surface area contributed by atoms with Crippen LogP contribution in [0, 0.1) is 5.92 Å². The topological polar surface area (TPSA) is 90.3 Å². The SMILES string of the molecule is CCOC(=O)c1nn(-c2ccc(C(F)(F)F)cc2)c(=O)c2c(NC(=O)CC(C)C)scc12. The highest BCUT2D eigenvalue weighted by Crippen LogP contribution is 2.32. The van der Waals surface area contributed by atoms with Gasteiger partial charge in [0.05, 0.1) is 23.2 Å². The van der Waals surface area contributed by atoms with Gasteiger partial charge in [-0.2, -0.15) is 23.0 Å². The molecule has 0 fully saturated rings. The van der Waals surface area contributed by atoms with Gasteiger partial charge in [-0.1, -0.05) is 13.8 Å². The Morgan fingerprint density at radius 2 is 1.88 bits per heavy atom. The number of benzene rings is 1. The lowest BCUT2D eigenvalue weighted by molar-refractivity contribution is -0.137. The van der Waals surface area contributed by atoms with Gasteiger partial charge in [0.15, 0.2) is 5.69 Å². The normalized spacial score (nSPS) is 11.7. The Hall–Kier alpha value is -3.21. The molecular weight excluding hydrogens is 447 g/mol. The summed E-state index contributed by atoms with van der Waals surface area (Å²) in [4.78, 5) is 38.0. The van der Waals surface area contributed by atoms with Crippen LogP contribution in [-0.2, 0) is 15.7 Å². The van der Waals surface area contributed by atoms with Crippen molar-refractivity contribution in [3.63, 3.8) is 0 Å². The van der Waals surface area contributed by atoms with Crippen molar-refractivity contribution in [1.29, 1.82) is 0 Å². The molecule has 0 spiro atoms. The number of hydrogen-bond donors (Lipinski definition) is 1. The van der Waals surface area contributed by atoms with E-state index in [0.29, 0.717) is 0 Å². The molecule has 3 aromatic rings. The molecular formula is C21H20F3N3O4S. The van der Waals surface area contributed by atoms with Gasteiger partial charge in [-0.25, -0.2) is 4.79 Å². The molecule has 0 aliphatic rings. The molecule has 1 amide bonds. The Balaban J connectivity index is 2.19. The highest BCUT2D eigenvalue weighted by atomic mass is 32.1. The Morgan fingerprint density at radius 3 is 2.44 bits per heavy atom. The maximum Gasteiger partial charge on any atom is 0.416 e. The molecule has 0 aliphatic heterocycles. The highest BCUT2D eigenvalue weighted by Gasteiger charge is 2.30. The van der Waals surface area contributed by atoms with Crippen LogP contribution in [-0.4, -0.2) is 28.3 Å². The molecule has 0 unspecified atom stereocenters. The van der Waals surface area contributed by atoms with Gasteiger partial charge < -0.3 is 10.1 Å². The molecule has 1 N–H and O–H groups in total.